The molecule has 0 aliphatic heterocycles. The molecule has 36 heavy (non-hydrogen) atoms. The fraction of sp³-hybridized carbons (Fsp3) is 0.333. The van der Waals surface area contributed by atoms with Crippen molar-refractivity contribution in [3.63, 3.8) is 0 Å². The molecule has 2 unspecified atom stereocenters. The maximum atomic E-state index is 14.7. The van der Waals surface area contributed by atoms with E-state index < -0.39 is 76.3 Å². The molecular weight excluding hydrogens is 492 g/mol. The molecule has 0 bridgehead atoms. The molecule has 0 amide bonds. The third kappa shape index (κ3) is 5.50. The van der Waals surface area contributed by atoms with Gasteiger partial charge in [0.1, 0.15) is 6.61 Å². The fourth-order valence-corrected chi connectivity index (χ4v) is 3.75. The summed E-state index contributed by atoms with van der Waals surface area (Å²) >= 11 is 0. The lowest BCUT2D eigenvalue weighted by atomic mass is 9.97. The highest BCUT2D eigenvalue weighted by atomic mass is 19.2. The van der Waals surface area contributed by atoms with Crippen molar-refractivity contribution in [3.05, 3.63) is 88.0 Å². The maximum Gasteiger partial charge on any atom is 0.200 e. The first-order valence-electron chi connectivity index (χ1n) is 11.4. The molecule has 9 heteroatoms. The fourth-order valence-electron chi connectivity index (χ4n) is 3.75. The molecule has 0 aromatic heterocycles. The molecule has 2 atom stereocenters. The molecule has 0 spiro atoms. The molecule has 0 aliphatic carbocycles. The number of aryl methyl sites for hydroxylation is 2. The van der Waals surface area contributed by atoms with Gasteiger partial charge in [0.2, 0.25) is 5.82 Å². The molecule has 1 nitrogen and oxygen atoms in total. The molecule has 0 aliphatic rings. The predicted molar refractivity (Wildman–Crippen MR) is 120 cm³/mol. The summed E-state index contributed by atoms with van der Waals surface area (Å²) in [6.07, 6.45) is -3.52. The lowest BCUT2D eigenvalue weighted by molar-refractivity contribution is 0.104. The minimum absolute atomic E-state index is 0.0598. The lowest BCUT2D eigenvalue weighted by Crippen LogP contribution is -2.20. The van der Waals surface area contributed by atoms with E-state index in [0.717, 1.165) is 24.6 Å². The van der Waals surface area contributed by atoms with E-state index in [2.05, 4.69) is 0 Å². The van der Waals surface area contributed by atoms with Crippen LogP contribution in [-0.2, 0) is 12.8 Å². The zero-order valence-electron chi connectivity index (χ0n) is 19.6. The molecule has 0 saturated carbocycles. The van der Waals surface area contributed by atoms with Crippen LogP contribution in [0.5, 0.6) is 5.75 Å². The van der Waals surface area contributed by atoms with Crippen molar-refractivity contribution in [1.29, 1.82) is 0 Å². The third-order valence-corrected chi connectivity index (χ3v) is 5.88. The maximum absolute atomic E-state index is 14.7. The minimum atomic E-state index is -2.74. The van der Waals surface area contributed by atoms with Gasteiger partial charge in [0.05, 0.1) is 0 Å². The Morgan fingerprint density at radius 3 is 1.89 bits per heavy atom. The molecule has 0 heterocycles. The second kappa shape index (κ2) is 11.8. The van der Waals surface area contributed by atoms with Gasteiger partial charge < -0.3 is 4.74 Å². The first kappa shape index (κ1) is 27.5. The van der Waals surface area contributed by atoms with Gasteiger partial charge in [-0.15, -0.1) is 0 Å². The van der Waals surface area contributed by atoms with Crippen LogP contribution in [-0.4, -0.2) is 12.8 Å². The molecule has 194 valence electrons. The number of hydrogen-bond donors (Lipinski definition) is 0. The van der Waals surface area contributed by atoms with Gasteiger partial charge in [0.15, 0.2) is 47.2 Å². The summed E-state index contributed by atoms with van der Waals surface area (Å²) in [5, 5.41) is 0. The first-order chi connectivity index (χ1) is 17.1. The predicted octanol–water partition coefficient (Wildman–Crippen LogP) is 8.52. The molecule has 0 radical (unpaired) electrons. The van der Waals surface area contributed by atoms with Crippen LogP contribution in [0.2, 0.25) is 0 Å². The third-order valence-electron chi connectivity index (χ3n) is 5.88. The average Bonchev–Trinajstić information content (AvgIpc) is 2.87. The van der Waals surface area contributed by atoms with Gasteiger partial charge >= 0.3 is 0 Å². The Hall–Kier alpha value is -3.10. The highest BCUT2D eigenvalue weighted by Crippen LogP contribution is 2.35. The van der Waals surface area contributed by atoms with Crippen molar-refractivity contribution in [2.75, 3.05) is 6.61 Å². The number of hydrogen-bond acceptors (Lipinski definition) is 1. The summed E-state index contributed by atoms with van der Waals surface area (Å²) in [6, 6.07) is 6.15. The Bertz CT molecular complexity index is 1230. The monoisotopic (exact) mass is 516 g/mol. The number of rotatable bonds is 10. The Morgan fingerprint density at radius 2 is 1.25 bits per heavy atom. The molecule has 3 aromatic rings. The Balaban J connectivity index is 1.81. The smallest absolute Gasteiger partial charge is 0.200 e. The van der Waals surface area contributed by atoms with Crippen molar-refractivity contribution in [1.82, 2.24) is 0 Å². The van der Waals surface area contributed by atoms with Crippen LogP contribution >= 0.6 is 0 Å². The second-order valence-electron chi connectivity index (χ2n) is 8.27. The standard InChI is InChI=1S/C27H24F8O/c1-3-5-6-15-7-9-16(24(32)22(15)30)17-10-11-18(26(34)25(17)33)23(31)19(28)13-36-20-12-8-14(4-2)21(29)27(20)35/h7-12,19,23H,3-6,13H2,1-2H3. The SMILES string of the molecule is CCCCc1ccc(-c2ccc(C(F)C(F)COc3ccc(CC)c(F)c3F)c(F)c2F)c(F)c1F. The summed E-state index contributed by atoms with van der Waals surface area (Å²) < 4.78 is 120. The Kier molecular flexibility index (Phi) is 8.98. The molecule has 3 rings (SSSR count). The summed E-state index contributed by atoms with van der Waals surface area (Å²) in [6.45, 7) is 2.34. The van der Waals surface area contributed by atoms with E-state index in [-0.39, 0.29) is 24.0 Å². The van der Waals surface area contributed by atoms with E-state index in [0.29, 0.717) is 12.5 Å². The zero-order chi connectivity index (χ0) is 26.6. The van der Waals surface area contributed by atoms with Gasteiger partial charge in [-0.05, 0) is 36.5 Å². The highest BCUT2D eigenvalue weighted by molar-refractivity contribution is 5.66. The topological polar surface area (TPSA) is 9.23 Å². The van der Waals surface area contributed by atoms with Gasteiger partial charge in [0.25, 0.3) is 0 Å². The molecule has 3 aromatic carbocycles. The summed E-state index contributed by atoms with van der Waals surface area (Å²) in [4.78, 5) is 0. The normalized spacial score (nSPS) is 13.1. The molecule has 0 fully saturated rings. The van der Waals surface area contributed by atoms with Crippen LogP contribution in [0.4, 0.5) is 35.1 Å². The van der Waals surface area contributed by atoms with Crippen molar-refractivity contribution in [2.45, 2.75) is 51.9 Å². The van der Waals surface area contributed by atoms with Gasteiger partial charge in [-0.1, -0.05) is 50.6 Å². The summed E-state index contributed by atoms with van der Waals surface area (Å²) in [5.41, 5.74) is -2.12. The summed E-state index contributed by atoms with van der Waals surface area (Å²) in [5.74, 6) is -9.28. The van der Waals surface area contributed by atoms with E-state index in [9.17, 15) is 35.1 Å². The van der Waals surface area contributed by atoms with E-state index in [1.54, 1.807) is 6.92 Å². The Labute approximate surface area is 203 Å². The number of halogens is 8. The average molecular weight is 516 g/mol. The van der Waals surface area contributed by atoms with Crippen molar-refractivity contribution >= 4 is 0 Å². The molecule has 0 saturated heterocycles. The summed E-state index contributed by atoms with van der Waals surface area (Å²) in [7, 11) is 0. The van der Waals surface area contributed by atoms with Crippen molar-refractivity contribution in [3.8, 4) is 16.9 Å². The molecule has 0 N–H and O–H groups in total. The van der Waals surface area contributed by atoms with Crippen molar-refractivity contribution in [2.24, 2.45) is 0 Å². The first-order valence-corrected chi connectivity index (χ1v) is 11.4. The quantitative estimate of drug-likeness (QED) is 0.246. The van der Waals surface area contributed by atoms with E-state index in [1.807, 2.05) is 6.92 Å². The van der Waals surface area contributed by atoms with Gasteiger partial charge in [-0.25, -0.2) is 30.7 Å². The number of unbranched alkanes of at least 4 members (excludes halogenated alkanes) is 1. The largest absolute Gasteiger partial charge is 0.487 e. The van der Waals surface area contributed by atoms with Crippen LogP contribution in [0, 0.1) is 34.9 Å². The van der Waals surface area contributed by atoms with Crippen LogP contribution in [0.1, 0.15) is 49.6 Å². The molecular formula is C27H24F8O. The van der Waals surface area contributed by atoms with Crippen LogP contribution in [0.3, 0.4) is 0 Å². The lowest BCUT2D eigenvalue weighted by Gasteiger charge is -2.17. The second-order valence-corrected chi connectivity index (χ2v) is 8.27. The van der Waals surface area contributed by atoms with Gasteiger partial charge in [-0.2, -0.15) is 4.39 Å². The van der Waals surface area contributed by atoms with Gasteiger partial charge in [-0.3, -0.25) is 0 Å². The van der Waals surface area contributed by atoms with Crippen LogP contribution in [0.15, 0.2) is 36.4 Å². The van der Waals surface area contributed by atoms with Crippen molar-refractivity contribution < 1.29 is 39.9 Å². The van der Waals surface area contributed by atoms with Gasteiger partial charge in [0, 0.05) is 16.7 Å². The zero-order valence-corrected chi connectivity index (χ0v) is 19.6. The minimum Gasteiger partial charge on any atom is -0.487 e. The number of ether oxygens (including phenoxy) is 1. The van der Waals surface area contributed by atoms with Crippen LogP contribution < -0.4 is 4.74 Å². The number of benzene rings is 3. The number of alkyl halides is 2. The highest BCUT2D eigenvalue weighted by Gasteiger charge is 2.30. The van der Waals surface area contributed by atoms with Crippen LogP contribution in [0.25, 0.3) is 11.1 Å². The van der Waals surface area contributed by atoms with E-state index in [1.165, 1.54) is 12.1 Å². The Morgan fingerprint density at radius 1 is 0.667 bits per heavy atom. The van der Waals surface area contributed by atoms with E-state index in [4.69, 9.17) is 4.74 Å². The van der Waals surface area contributed by atoms with E-state index >= 15 is 0 Å².